The van der Waals surface area contributed by atoms with Crippen LogP contribution in [-0.4, -0.2) is 55.0 Å². The summed E-state index contributed by atoms with van der Waals surface area (Å²) in [6.07, 6.45) is 3.71. The molecular weight excluding hydrogens is 348 g/mol. The molecule has 2 aliphatic rings. The van der Waals surface area contributed by atoms with Gasteiger partial charge in [-0.05, 0) is 0 Å². The van der Waals surface area contributed by atoms with Crippen molar-refractivity contribution in [3.8, 4) is 11.3 Å². The summed E-state index contributed by atoms with van der Waals surface area (Å²) in [7, 11) is 1.84. The fraction of sp³-hybridized carbons (Fsp3) is 0.357. The monoisotopic (exact) mass is 362 g/mol. The Labute approximate surface area is 146 Å². The highest BCUT2D eigenvalue weighted by Gasteiger charge is 2.40. The van der Waals surface area contributed by atoms with Crippen molar-refractivity contribution in [3.63, 3.8) is 0 Å². The summed E-state index contributed by atoms with van der Waals surface area (Å²) in [6.45, 7) is 1.28. The normalized spacial score (nSPS) is 19.5. The quantitative estimate of drug-likeness (QED) is 0.882. The molecule has 0 radical (unpaired) electrons. The Kier molecular flexibility index (Phi) is 3.85. The second kappa shape index (κ2) is 6.02. The van der Waals surface area contributed by atoms with E-state index in [0.717, 1.165) is 16.4 Å². The van der Waals surface area contributed by atoms with E-state index >= 15 is 0 Å². The zero-order valence-corrected chi connectivity index (χ0v) is 14.4. The number of hydrogen-bond donors (Lipinski definition) is 1. The van der Waals surface area contributed by atoms with E-state index in [1.165, 1.54) is 23.1 Å². The Balaban J connectivity index is 1.38. The SMILES string of the molecule is Cn1cc(-c2csc(NC(=O)C[C@@H]3SC4=NCCN4C3=O)n2)cn1. The lowest BCUT2D eigenvalue weighted by Crippen LogP contribution is -2.32. The van der Waals surface area contributed by atoms with Crippen LogP contribution in [0.3, 0.4) is 0 Å². The summed E-state index contributed by atoms with van der Waals surface area (Å²) in [5, 5.41) is 9.62. The van der Waals surface area contributed by atoms with Crippen LogP contribution in [0.5, 0.6) is 0 Å². The van der Waals surface area contributed by atoms with E-state index in [1.54, 1.807) is 15.8 Å². The molecular formula is C14H14N6O2S2. The Hall–Kier alpha value is -2.20. The summed E-state index contributed by atoms with van der Waals surface area (Å²) in [4.78, 5) is 34.7. The molecule has 4 rings (SSSR count). The third kappa shape index (κ3) is 2.82. The number of amides is 2. The molecule has 0 aromatic carbocycles. The third-order valence-electron chi connectivity index (χ3n) is 3.71. The van der Waals surface area contributed by atoms with Crippen molar-refractivity contribution in [2.24, 2.45) is 12.0 Å². The lowest BCUT2D eigenvalue weighted by molar-refractivity contribution is -0.127. The molecule has 0 saturated carbocycles. The van der Waals surface area contributed by atoms with Crippen molar-refractivity contribution in [2.45, 2.75) is 11.7 Å². The summed E-state index contributed by atoms with van der Waals surface area (Å²) in [5.74, 6) is -0.240. The molecule has 0 unspecified atom stereocenters. The number of anilines is 1. The molecule has 1 N–H and O–H groups in total. The zero-order chi connectivity index (χ0) is 16.7. The van der Waals surface area contributed by atoms with Gasteiger partial charge in [0.2, 0.25) is 11.8 Å². The van der Waals surface area contributed by atoms with Crippen LogP contribution in [0.4, 0.5) is 5.13 Å². The largest absolute Gasteiger partial charge is 0.302 e. The molecule has 1 saturated heterocycles. The average molecular weight is 362 g/mol. The molecule has 124 valence electrons. The lowest BCUT2D eigenvalue weighted by Gasteiger charge is -2.09. The van der Waals surface area contributed by atoms with Gasteiger partial charge < -0.3 is 5.32 Å². The molecule has 1 fully saturated rings. The average Bonchev–Trinajstić information content (AvgIpc) is 3.28. The van der Waals surface area contributed by atoms with Crippen molar-refractivity contribution in [1.82, 2.24) is 19.7 Å². The first-order valence-corrected chi connectivity index (χ1v) is 9.13. The van der Waals surface area contributed by atoms with Gasteiger partial charge in [0.15, 0.2) is 10.3 Å². The number of carbonyl (C=O) groups excluding carboxylic acids is 2. The number of nitrogens with zero attached hydrogens (tertiary/aromatic N) is 5. The van der Waals surface area contributed by atoms with Gasteiger partial charge in [0.1, 0.15) is 5.25 Å². The predicted octanol–water partition coefficient (Wildman–Crippen LogP) is 1.19. The molecule has 2 aliphatic heterocycles. The maximum absolute atomic E-state index is 12.2. The maximum Gasteiger partial charge on any atom is 0.242 e. The van der Waals surface area contributed by atoms with Gasteiger partial charge in [0.05, 0.1) is 18.4 Å². The summed E-state index contributed by atoms with van der Waals surface area (Å²) >= 11 is 2.72. The number of thiazole rings is 1. The Morgan fingerprint density at radius 1 is 1.50 bits per heavy atom. The van der Waals surface area contributed by atoms with Gasteiger partial charge >= 0.3 is 0 Å². The second-order valence-electron chi connectivity index (χ2n) is 5.45. The molecule has 0 bridgehead atoms. The van der Waals surface area contributed by atoms with Crippen molar-refractivity contribution >= 4 is 45.2 Å². The van der Waals surface area contributed by atoms with Gasteiger partial charge in [0, 0.05) is 37.2 Å². The smallest absolute Gasteiger partial charge is 0.242 e. The van der Waals surface area contributed by atoms with Gasteiger partial charge in [-0.3, -0.25) is 24.2 Å². The number of fused-ring (bicyclic) bond motifs is 1. The number of aromatic nitrogens is 3. The van der Waals surface area contributed by atoms with E-state index in [9.17, 15) is 9.59 Å². The molecule has 8 nitrogen and oxygen atoms in total. The lowest BCUT2D eigenvalue weighted by atomic mass is 10.2. The highest BCUT2D eigenvalue weighted by atomic mass is 32.2. The predicted molar refractivity (Wildman–Crippen MR) is 93.0 cm³/mol. The first-order valence-electron chi connectivity index (χ1n) is 7.37. The number of aryl methyl sites for hydroxylation is 1. The first kappa shape index (κ1) is 15.3. The molecule has 2 aromatic heterocycles. The van der Waals surface area contributed by atoms with Crippen LogP contribution in [0.25, 0.3) is 11.3 Å². The van der Waals surface area contributed by atoms with Gasteiger partial charge in [-0.25, -0.2) is 4.98 Å². The van der Waals surface area contributed by atoms with Crippen LogP contribution >= 0.6 is 23.1 Å². The maximum atomic E-state index is 12.2. The Morgan fingerprint density at radius 2 is 2.38 bits per heavy atom. The van der Waals surface area contributed by atoms with E-state index in [4.69, 9.17) is 0 Å². The minimum Gasteiger partial charge on any atom is -0.302 e. The summed E-state index contributed by atoms with van der Waals surface area (Å²) < 4.78 is 1.70. The Morgan fingerprint density at radius 3 is 3.12 bits per heavy atom. The van der Waals surface area contributed by atoms with Crippen LogP contribution in [0.2, 0.25) is 0 Å². The zero-order valence-electron chi connectivity index (χ0n) is 12.8. The number of nitrogens with one attached hydrogen (secondary N) is 1. The van der Waals surface area contributed by atoms with Crippen molar-refractivity contribution in [1.29, 1.82) is 0 Å². The highest BCUT2D eigenvalue weighted by molar-refractivity contribution is 8.15. The first-order chi connectivity index (χ1) is 11.6. The molecule has 0 spiro atoms. The van der Waals surface area contributed by atoms with Crippen molar-refractivity contribution in [2.75, 3.05) is 18.4 Å². The molecule has 24 heavy (non-hydrogen) atoms. The Bertz CT molecular complexity index is 842. The molecule has 4 heterocycles. The second-order valence-corrected chi connectivity index (χ2v) is 7.48. The van der Waals surface area contributed by atoms with Crippen LogP contribution < -0.4 is 5.32 Å². The van der Waals surface area contributed by atoms with Crippen LogP contribution in [-0.2, 0) is 16.6 Å². The minimum absolute atomic E-state index is 0.0263. The van der Waals surface area contributed by atoms with E-state index in [-0.39, 0.29) is 23.5 Å². The molecule has 2 aromatic rings. The van der Waals surface area contributed by atoms with Gasteiger partial charge in [-0.1, -0.05) is 11.8 Å². The third-order valence-corrected chi connectivity index (χ3v) is 5.68. The summed E-state index contributed by atoms with van der Waals surface area (Å²) in [5.41, 5.74) is 1.67. The molecule has 0 aliphatic carbocycles. The number of amidine groups is 1. The number of hydrogen-bond acceptors (Lipinski definition) is 7. The topological polar surface area (TPSA) is 92.5 Å². The number of rotatable bonds is 4. The van der Waals surface area contributed by atoms with E-state index in [1.807, 2.05) is 18.6 Å². The number of aliphatic imine (C=N–C) groups is 1. The van der Waals surface area contributed by atoms with E-state index in [0.29, 0.717) is 18.2 Å². The summed E-state index contributed by atoms with van der Waals surface area (Å²) in [6, 6.07) is 0. The number of thioether (sulfide) groups is 1. The molecule has 10 heteroatoms. The van der Waals surface area contributed by atoms with Crippen molar-refractivity contribution < 1.29 is 9.59 Å². The molecule has 1 atom stereocenters. The van der Waals surface area contributed by atoms with E-state index in [2.05, 4.69) is 20.4 Å². The minimum atomic E-state index is -0.387. The molecule has 2 amide bonds. The standard InChI is InChI=1S/C14H14N6O2S2/c1-19-6-8(5-16-19)9-7-23-13(17-9)18-11(21)4-10-12(22)20-3-2-15-14(20)24-10/h5-7,10H,2-4H2,1H3,(H,17,18,21)/t10-/m0/s1. The van der Waals surface area contributed by atoms with Crippen molar-refractivity contribution in [3.05, 3.63) is 17.8 Å². The van der Waals surface area contributed by atoms with Gasteiger partial charge in [0.25, 0.3) is 0 Å². The number of carbonyl (C=O) groups is 2. The fourth-order valence-electron chi connectivity index (χ4n) is 2.57. The van der Waals surface area contributed by atoms with Gasteiger partial charge in [-0.15, -0.1) is 11.3 Å². The van der Waals surface area contributed by atoms with Crippen LogP contribution in [0.15, 0.2) is 22.8 Å². The van der Waals surface area contributed by atoms with E-state index < -0.39 is 0 Å². The van der Waals surface area contributed by atoms with Crippen LogP contribution in [0, 0.1) is 0 Å². The van der Waals surface area contributed by atoms with Crippen LogP contribution in [0.1, 0.15) is 6.42 Å². The van der Waals surface area contributed by atoms with Gasteiger partial charge in [-0.2, -0.15) is 5.10 Å². The highest BCUT2D eigenvalue weighted by Crippen LogP contribution is 2.32. The fourth-order valence-corrected chi connectivity index (χ4v) is 4.50.